The van der Waals surface area contributed by atoms with Gasteiger partial charge in [0.05, 0.1) is 18.6 Å². The number of hydrogen-bond acceptors (Lipinski definition) is 4. The van der Waals surface area contributed by atoms with Crippen LogP contribution >= 0.6 is 0 Å². The second-order valence-corrected chi connectivity index (χ2v) is 7.00. The Balaban J connectivity index is 1.94. The van der Waals surface area contributed by atoms with E-state index >= 15 is 0 Å². The monoisotopic (exact) mass is 348 g/mol. The summed E-state index contributed by atoms with van der Waals surface area (Å²) < 4.78 is 31.7. The highest BCUT2D eigenvalue weighted by Gasteiger charge is 2.17. The first-order valence-corrected chi connectivity index (χ1v) is 8.82. The zero-order chi connectivity index (χ0) is 17.6. The third-order valence-electron chi connectivity index (χ3n) is 3.47. The number of benzene rings is 2. The van der Waals surface area contributed by atoms with E-state index in [1.165, 1.54) is 24.1 Å². The van der Waals surface area contributed by atoms with Gasteiger partial charge in [0.15, 0.2) is 0 Å². The van der Waals surface area contributed by atoms with Crippen molar-refractivity contribution in [2.45, 2.75) is 11.4 Å². The van der Waals surface area contributed by atoms with Gasteiger partial charge in [-0.1, -0.05) is 30.3 Å². The largest absolute Gasteiger partial charge is 0.497 e. The van der Waals surface area contributed by atoms with Crippen molar-refractivity contribution in [3.8, 4) is 5.75 Å². The fraction of sp³-hybridized carbons (Fsp3) is 0.235. The van der Waals surface area contributed by atoms with Crippen molar-refractivity contribution in [2.75, 3.05) is 20.7 Å². The predicted octanol–water partition coefficient (Wildman–Crippen LogP) is 1.63. The molecule has 0 saturated carbocycles. The normalized spacial score (nSPS) is 11.1. The minimum atomic E-state index is -3.74. The van der Waals surface area contributed by atoms with Gasteiger partial charge in [0.25, 0.3) is 0 Å². The van der Waals surface area contributed by atoms with Gasteiger partial charge in [-0.15, -0.1) is 0 Å². The number of sulfonamides is 1. The number of nitrogens with one attached hydrogen (secondary N) is 1. The van der Waals surface area contributed by atoms with E-state index in [9.17, 15) is 13.2 Å². The quantitative estimate of drug-likeness (QED) is 0.825. The summed E-state index contributed by atoms with van der Waals surface area (Å²) in [6, 6.07) is 15.5. The zero-order valence-electron chi connectivity index (χ0n) is 13.6. The first-order valence-electron chi connectivity index (χ1n) is 7.34. The smallest absolute Gasteiger partial charge is 0.241 e. The van der Waals surface area contributed by atoms with Gasteiger partial charge in [0.1, 0.15) is 5.75 Å². The van der Waals surface area contributed by atoms with Crippen LogP contribution in [0.5, 0.6) is 5.75 Å². The molecule has 1 amide bonds. The van der Waals surface area contributed by atoms with Gasteiger partial charge in [-0.3, -0.25) is 4.79 Å². The second-order valence-electron chi connectivity index (χ2n) is 5.24. The van der Waals surface area contributed by atoms with Crippen LogP contribution in [0.3, 0.4) is 0 Å². The number of ether oxygens (including phenoxy) is 1. The molecule has 6 nitrogen and oxygen atoms in total. The number of methoxy groups -OCH3 is 1. The Labute approximate surface area is 142 Å². The van der Waals surface area contributed by atoms with Crippen molar-refractivity contribution >= 4 is 15.9 Å². The molecular formula is C17H20N2O4S. The molecule has 2 aromatic carbocycles. The highest BCUT2D eigenvalue weighted by Crippen LogP contribution is 2.15. The van der Waals surface area contributed by atoms with Crippen molar-refractivity contribution in [3.05, 3.63) is 60.2 Å². The Kier molecular flexibility index (Phi) is 5.94. The van der Waals surface area contributed by atoms with Crippen LogP contribution in [-0.4, -0.2) is 39.9 Å². The number of hydrogen-bond donors (Lipinski definition) is 1. The van der Waals surface area contributed by atoms with Crippen molar-refractivity contribution in [3.63, 3.8) is 0 Å². The van der Waals surface area contributed by atoms with Crippen molar-refractivity contribution in [1.29, 1.82) is 0 Å². The van der Waals surface area contributed by atoms with Gasteiger partial charge in [0, 0.05) is 13.6 Å². The van der Waals surface area contributed by atoms with E-state index < -0.39 is 10.0 Å². The molecule has 0 fully saturated rings. The molecule has 0 unspecified atom stereocenters. The molecule has 7 heteroatoms. The van der Waals surface area contributed by atoms with E-state index in [1.54, 1.807) is 19.2 Å². The summed E-state index contributed by atoms with van der Waals surface area (Å²) in [5.41, 5.74) is 0.978. The van der Waals surface area contributed by atoms with Crippen molar-refractivity contribution in [1.82, 2.24) is 9.62 Å². The molecule has 128 valence electrons. The lowest BCUT2D eigenvalue weighted by molar-refractivity contribution is -0.129. The Hall–Kier alpha value is -2.38. The maximum Gasteiger partial charge on any atom is 0.241 e. The van der Waals surface area contributed by atoms with Crippen molar-refractivity contribution < 1.29 is 17.9 Å². The van der Waals surface area contributed by atoms with Gasteiger partial charge < -0.3 is 9.64 Å². The fourth-order valence-electron chi connectivity index (χ4n) is 2.08. The molecule has 0 aromatic heterocycles. The summed E-state index contributed by atoms with van der Waals surface area (Å²) in [7, 11) is -0.601. The molecule has 0 bridgehead atoms. The summed E-state index contributed by atoms with van der Waals surface area (Å²) in [6.07, 6.45) is 0. The molecule has 2 rings (SSSR count). The van der Waals surface area contributed by atoms with Gasteiger partial charge >= 0.3 is 0 Å². The molecule has 0 heterocycles. The van der Waals surface area contributed by atoms with Gasteiger partial charge in [-0.05, 0) is 29.8 Å². The molecule has 1 N–H and O–H groups in total. The Morgan fingerprint density at radius 2 is 1.71 bits per heavy atom. The van der Waals surface area contributed by atoms with Crippen LogP contribution in [0.2, 0.25) is 0 Å². The molecule has 0 radical (unpaired) electrons. The molecule has 0 atom stereocenters. The molecule has 24 heavy (non-hydrogen) atoms. The maximum absolute atomic E-state index is 12.2. The maximum atomic E-state index is 12.2. The molecule has 2 aromatic rings. The molecule has 0 aliphatic carbocycles. The zero-order valence-corrected chi connectivity index (χ0v) is 14.4. The van der Waals surface area contributed by atoms with Crippen LogP contribution < -0.4 is 9.46 Å². The molecule has 0 spiro atoms. The summed E-state index contributed by atoms with van der Waals surface area (Å²) in [4.78, 5) is 13.7. The van der Waals surface area contributed by atoms with E-state index in [1.807, 2.05) is 30.3 Å². The average molecular weight is 348 g/mol. The molecular weight excluding hydrogens is 328 g/mol. The number of rotatable bonds is 7. The number of carbonyl (C=O) groups is 1. The molecule has 0 aliphatic rings. The Morgan fingerprint density at radius 1 is 1.08 bits per heavy atom. The SMILES string of the molecule is COc1ccc(S(=O)(=O)NCC(=O)N(C)Cc2ccccc2)cc1. The van der Waals surface area contributed by atoms with Gasteiger partial charge in [-0.25, -0.2) is 13.1 Å². The first kappa shape index (κ1) is 18.0. The van der Waals surface area contributed by atoms with Gasteiger partial charge in [0.2, 0.25) is 15.9 Å². The number of likely N-dealkylation sites (N-methyl/N-ethyl adjacent to an activating group) is 1. The van der Waals surface area contributed by atoms with Gasteiger partial charge in [-0.2, -0.15) is 0 Å². The Bertz CT molecular complexity index is 774. The van der Waals surface area contributed by atoms with E-state index in [-0.39, 0.29) is 17.3 Å². The number of amides is 1. The van der Waals surface area contributed by atoms with Crippen LogP contribution in [0.4, 0.5) is 0 Å². The van der Waals surface area contributed by atoms with E-state index in [2.05, 4.69) is 4.72 Å². The van der Waals surface area contributed by atoms with Crippen LogP contribution in [0, 0.1) is 0 Å². The molecule has 0 saturated heterocycles. The Morgan fingerprint density at radius 3 is 2.29 bits per heavy atom. The van der Waals surface area contributed by atoms with Crippen LogP contribution in [-0.2, 0) is 21.4 Å². The summed E-state index contributed by atoms with van der Waals surface area (Å²) in [5, 5.41) is 0. The molecule has 0 aliphatic heterocycles. The van der Waals surface area contributed by atoms with Crippen LogP contribution in [0.15, 0.2) is 59.5 Å². The highest BCUT2D eigenvalue weighted by molar-refractivity contribution is 7.89. The summed E-state index contributed by atoms with van der Waals surface area (Å²) in [6.45, 7) is 0.127. The van der Waals surface area contributed by atoms with Crippen LogP contribution in [0.1, 0.15) is 5.56 Å². The van der Waals surface area contributed by atoms with Crippen LogP contribution in [0.25, 0.3) is 0 Å². The summed E-state index contributed by atoms with van der Waals surface area (Å²) in [5.74, 6) is 0.253. The number of nitrogens with zero attached hydrogens (tertiary/aromatic N) is 1. The minimum absolute atomic E-state index is 0.0850. The highest BCUT2D eigenvalue weighted by atomic mass is 32.2. The average Bonchev–Trinajstić information content (AvgIpc) is 2.60. The standard InChI is InChI=1S/C17H20N2O4S/c1-19(13-14-6-4-3-5-7-14)17(20)12-18-24(21,22)16-10-8-15(23-2)9-11-16/h3-11,18H,12-13H2,1-2H3. The first-order chi connectivity index (χ1) is 11.4. The van der Waals surface area contributed by atoms with E-state index in [0.29, 0.717) is 12.3 Å². The van der Waals surface area contributed by atoms with E-state index in [4.69, 9.17) is 4.74 Å². The lowest BCUT2D eigenvalue weighted by Crippen LogP contribution is -2.37. The lowest BCUT2D eigenvalue weighted by atomic mass is 10.2. The number of carbonyl (C=O) groups excluding carboxylic acids is 1. The van der Waals surface area contributed by atoms with Crippen molar-refractivity contribution in [2.24, 2.45) is 0 Å². The third-order valence-corrected chi connectivity index (χ3v) is 4.89. The predicted molar refractivity (Wildman–Crippen MR) is 91.1 cm³/mol. The fourth-order valence-corrected chi connectivity index (χ4v) is 3.05. The third kappa shape index (κ3) is 4.81. The topological polar surface area (TPSA) is 75.7 Å². The summed E-state index contributed by atoms with van der Waals surface area (Å²) >= 11 is 0. The van der Waals surface area contributed by atoms with E-state index in [0.717, 1.165) is 5.56 Å². The second kappa shape index (κ2) is 7.94. The minimum Gasteiger partial charge on any atom is -0.497 e. The lowest BCUT2D eigenvalue weighted by Gasteiger charge is -2.17.